The van der Waals surface area contributed by atoms with Crippen LogP contribution in [-0.4, -0.2) is 25.6 Å². The van der Waals surface area contributed by atoms with Crippen molar-refractivity contribution in [1.29, 1.82) is 0 Å². The van der Waals surface area contributed by atoms with Crippen molar-refractivity contribution in [3.63, 3.8) is 0 Å². The maximum atomic E-state index is 12.2. The Hall–Kier alpha value is -2.53. The van der Waals surface area contributed by atoms with Crippen LogP contribution in [0.3, 0.4) is 0 Å². The maximum Gasteiger partial charge on any atom is 0.337 e. The number of aryl methyl sites for hydroxylation is 3. The maximum absolute atomic E-state index is 12.2. The van der Waals surface area contributed by atoms with Gasteiger partial charge in [0.25, 0.3) is 5.91 Å². The molecule has 1 N–H and O–H groups in total. The van der Waals surface area contributed by atoms with Gasteiger partial charge >= 0.3 is 5.97 Å². The number of nitrogens with one attached hydrogen (secondary N) is 1. The molecular weight excluding hydrogens is 342 g/mol. The molecule has 0 unspecified atom stereocenters. The van der Waals surface area contributed by atoms with Crippen LogP contribution >= 0.6 is 11.6 Å². The molecule has 0 heterocycles. The third-order valence-corrected chi connectivity index (χ3v) is 3.94. The highest BCUT2D eigenvalue weighted by molar-refractivity contribution is 6.33. The third kappa shape index (κ3) is 4.73. The van der Waals surface area contributed by atoms with Gasteiger partial charge in [-0.2, -0.15) is 0 Å². The first-order valence-corrected chi connectivity index (χ1v) is 8.08. The number of methoxy groups -OCH3 is 1. The van der Waals surface area contributed by atoms with Crippen molar-refractivity contribution < 1.29 is 19.1 Å². The molecule has 0 spiro atoms. The smallest absolute Gasteiger partial charge is 0.337 e. The Bertz CT molecular complexity index is 794. The molecule has 2 aromatic carbocycles. The van der Waals surface area contributed by atoms with Gasteiger partial charge in [-0.1, -0.05) is 29.3 Å². The van der Waals surface area contributed by atoms with Crippen LogP contribution in [0.1, 0.15) is 27.0 Å². The number of halogens is 1. The van der Waals surface area contributed by atoms with E-state index >= 15 is 0 Å². The molecule has 2 aromatic rings. The zero-order valence-corrected chi connectivity index (χ0v) is 15.4. The first-order chi connectivity index (χ1) is 11.8. The Morgan fingerprint density at radius 3 is 2.32 bits per heavy atom. The molecule has 1 amide bonds. The Kier molecular flexibility index (Phi) is 6.04. The highest BCUT2D eigenvalue weighted by Crippen LogP contribution is 2.25. The number of ether oxygens (including phenoxy) is 2. The number of amides is 1. The number of hydrogen-bond donors (Lipinski definition) is 1. The standard InChI is InChI=1S/C19H20ClNO4/c1-11-7-12(2)18(13(3)8-11)25-10-17(22)21-16-9-14(19(23)24-4)5-6-15(16)20/h5-9H,10H2,1-4H3,(H,21,22). The number of carbonyl (C=O) groups is 2. The van der Waals surface area contributed by atoms with Crippen molar-refractivity contribution >= 4 is 29.2 Å². The molecule has 0 atom stereocenters. The van der Waals surface area contributed by atoms with Crippen molar-refractivity contribution in [2.24, 2.45) is 0 Å². The van der Waals surface area contributed by atoms with E-state index in [2.05, 4.69) is 10.1 Å². The van der Waals surface area contributed by atoms with E-state index in [0.29, 0.717) is 22.0 Å². The normalized spacial score (nSPS) is 10.3. The number of anilines is 1. The van der Waals surface area contributed by atoms with Gasteiger partial charge in [-0.3, -0.25) is 4.79 Å². The van der Waals surface area contributed by atoms with Crippen LogP contribution in [0.4, 0.5) is 5.69 Å². The topological polar surface area (TPSA) is 64.6 Å². The van der Waals surface area contributed by atoms with Gasteiger partial charge in [0.1, 0.15) is 5.75 Å². The molecule has 0 saturated heterocycles. The van der Waals surface area contributed by atoms with Crippen LogP contribution in [0.25, 0.3) is 0 Å². The molecule has 2 rings (SSSR count). The minimum atomic E-state index is -0.505. The second kappa shape index (κ2) is 8.03. The molecule has 132 valence electrons. The van der Waals surface area contributed by atoms with Gasteiger partial charge in [0.2, 0.25) is 0 Å². The summed E-state index contributed by atoms with van der Waals surface area (Å²) in [5.74, 6) is -0.187. The first-order valence-electron chi connectivity index (χ1n) is 7.70. The van der Waals surface area contributed by atoms with Gasteiger partial charge < -0.3 is 14.8 Å². The summed E-state index contributed by atoms with van der Waals surface area (Å²) in [4.78, 5) is 23.7. The zero-order valence-electron chi connectivity index (χ0n) is 14.6. The molecule has 0 bridgehead atoms. The van der Waals surface area contributed by atoms with Gasteiger partial charge in [0.15, 0.2) is 6.61 Å². The number of rotatable bonds is 5. The van der Waals surface area contributed by atoms with E-state index in [4.69, 9.17) is 16.3 Å². The van der Waals surface area contributed by atoms with E-state index in [1.807, 2.05) is 32.9 Å². The molecule has 0 aliphatic carbocycles. The third-order valence-electron chi connectivity index (χ3n) is 3.61. The lowest BCUT2D eigenvalue weighted by Gasteiger charge is -2.14. The van der Waals surface area contributed by atoms with Gasteiger partial charge in [-0.05, 0) is 50.1 Å². The molecule has 25 heavy (non-hydrogen) atoms. The quantitative estimate of drug-likeness (QED) is 0.815. The predicted octanol–water partition coefficient (Wildman–Crippen LogP) is 4.07. The van der Waals surface area contributed by atoms with Crippen LogP contribution in [0.15, 0.2) is 30.3 Å². The van der Waals surface area contributed by atoms with E-state index in [9.17, 15) is 9.59 Å². The van der Waals surface area contributed by atoms with Crippen molar-refractivity contribution in [2.45, 2.75) is 20.8 Å². The largest absolute Gasteiger partial charge is 0.483 e. The Balaban J connectivity index is 2.07. The Labute approximate surface area is 151 Å². The summed E-state index contributed by atoms with van der Waals surface area (Å²) in [5.41, 5.74) is 3.70. The van der Waals surface area contributed by atoms with E-state index in [-0.39, 0.29) is 12.5 Å². The molecule has 0 saturated carbocycles. The van der Waals surface area contributed by atoms with Crippen LogP contribution < -0.4 is 10.1 Å². The summed E-state index contributed by atoms with van der Waals surface area (Å²) in [6.07, 6.45) is 0. The summed E-state index contributed by atoms with van der Waals surface area (Å²) >= 11 is 6.07. The Morgan fingerprint density at radius 2 is 1.72 bits per heavy atom. The van der Waals surface area contributed by atoms with Crippen molar-refractivity contribution in [3.05, 3.63) is 57.6 Å². The van der Waals surface area contributed by atoms with E-state index in [1.165, 1.54) is 25.3 Å². The summed E-state index contributed by atoms with van der Waals surface area (Å²) in [5, 5.41) is 2.97. The fraction of sp³-hybridized carbons (Fsp3) is 0.263. The average Bonchev–Trinajstić information content (AvgIpc) is 2.55. The summed E-state index contributed by atoms with van der Waals surface area (Å²) < 4.78 is 10.3. The van der Waals surface area contributed by atoms with E-state index < -0.39 is 5.97 Å². The number of benzene rings is 2. The minimum Gasteiger partial charge on any atom is -0.483 e. The molecule has 5 nitrogen and oxygen atoms in total. The van der Waals surface area contributed by atoms with Crippen LogP contribution in [0, 0.1) is 20.8 Å². The van der Waals surface area contributed by atoms with Gasteiger partial charge in [0.05, 0.1) is 23.4 Å². The summed E-state index contributed by atoms with van der Waals surface area (Å²) in [7, 11) is 1.29. The predicted molar refractivity (Wildman–Crippen MR) is 97.6 cm³/mol. The van der Waals surface area contributed by atoms with Gasteiger partial charge in [-0.25, -0.2) is 4.79 Å². The highest BCUT2D eigenvalue weighted by atomic mass is 35.5. The number of hydrogen-bond acceptors (Lipinski definition) is 4. The SMILES string of the molecule is COC(=O)c1ccc(Cl)c(NC(=O)COc2c(C)cc(C)cc2C)c1. The first kappa shape index (κ1) is 18.8. The van der Waals surface area contributed by atoms with E-state index in [1.54, 1.807) is 0 Å². The lowest BCUT2D eigenvalue weighted by Crippen LogP contribution is -2.21. The van der Waals surface area contributed by atoms with E-state index in [0.717, 1.165) is 16.7 Å². The fourth-order valence-corrected chi connectivity index (χ4v) is 2.75. The van der Waals surface area contributed by atoms with Crippen LogP contribution in [0.2, 0.25) is 5.02 Å². The van der Waals surface area contributed by atoms with Gasteiger partial charge in [-0.15, -0.1) is 0 Å². The molecule has 0 aromatic heterocycles. The second-order valence-corrected chi connectivity index (χ2v) is 6.16. The monoisotopic (exact) mass is 361 g/mol. The molecular formula is C19H20ClNO4. The average molecular weight is 362 g/mol. The van der Waals surface area contributed by atoms with Crippen molar-refractivity contribution in [1.82, 2.24) is 0 Å². The number of carbonyl (C=O) groups excluding carboxylic acids is 2. The van der Waals surface area contributed by atoms with Crippen LogP contribution in [0.5, 0.6) is 5.75 Å². The molecule has 0 fully saturated rings. The van der Waals surface area contributed by atoms with Crippen molar-refractivity contribution in [3.8, 4) is 5.75 Å². The lowest BCUT2D eigenvalue weighted by atomic mass is 10.1. The molecule has 0 aliphatic heterocycles. The minimum absolute atomic E-state index is 0.163. The lowest BCUT2D eigenvalue weighted by molar-refractivity contribution is -0.118. The molecule has 6 heteroatoms. The highest BCUT2D eigenvalue weighted by Gasteiger charge is 2.13. The van der Waals surface area contributed by atoms with Crippen LogP contribution in [-0.2, 0) is 9.53 Å². The Morgan fingerprint density at radius 1 is 1.08 bits per heavy atom. The van der Waals surface area contributed by atoms with Crippen molar-refractivity contribution in [2.75, 3.05) is 19.0 Å². The molecule has 0 aliphatic rings. The summed E-state index contributed by atoms with van der Waals surface area (Å²) in [6.45, 7) is 5.71. The fourth-order valence-electron chi connectivity index (χ4n) is 2.58. The number of esters is 1. The van der Waals surface area contributed by atoms with Gasteiger partial charge in [0, 0.05) is 0 Å². The summed E-state index contributed by atoms with van der Waals surface area (Å²) in [6, 6.07) is 8.51. The second-order valence-electron chi connectivity index (χ2n) is 5.75. The molecule has 0 radical (unpaired) electrons. The zero-order chi connectivity index (χ0) is 18.6.